The van der Waals surface area contributed by atoms with Crippen LogP contribution in [0.5, 0.6) is 5.75 Å². The van der Waals surface area contributed by atoms with Crippen LogP contribution in [0.4, 0.5) is 0 Å². The Labute approximate surface area is 101 Å². The van der Waals surface area contributed by atoms with Crippen LogP contribution in [0.1, 0.15) is 19.8 Å². The first-order chi connectivity index (χ1) is 8.31. The van der Waals surface area contributed by atoms with E-state index in [1.165, 1.54) is 0 Å². The van der Waals surface area contributed by atoms with Crippen LogP contribution in [-0.2, 0) is 4.79 Å². The Bertz CT molecular complexity index is 512. The summed E-state index contributed by atoms with van der Waals surface area (Å²) < 4.78 is 5.58. The molecule has 0 N–H and O–H groups in total. The quantitative estimate of drug-likeness (QED) is 0.781. The minimum atomic E-state index is 0.153. The van der Waals surface area contributed by atoms with Crippen LogP contribution < -0.4 is 4.74 Å². The van der Waals surface area contributed by atoms with Crippen LogP contribution in [0.25, 0.3) is 10.8 Å². The molecule has 0 saturated carbocycles. The minimum absolute atomic E-state index is 0.153. The molecule has 2 nitrogen and oxygen atoms in total. The molecule has 0 atom stereocenters. The number of benzene rings is 2. The van der Waals surface area contributed by atoms with E-state index in [0.717, 1.165) is 22.9 Å². The number of fused-ring (bicyclic) bond motifs is 1. The Hall–Kier alpha value is -1.83. The summed E-state index contributed by atoms with van der Waals surface area (Å²) in [6.45, 7) is 2.16. The van der Waals surface area contributed by atoms with Gasteiger partial charge in [0, 0.05) is 11.8 Å². The van der Waals surface area contributed by atoms with Gasteiger partial charge in [-0.05, 0) is 17.9 Å². The number of Topliss-reactive ketones (excluding diaryl/α,β-unsaturated/α-hetero) is 1. The van der Waals surface area contributed by atoms with E-state index in [0.29, 0.717) is 6.42 Å². The predicted molar refractivity (Wildman–Crippen MR) is 69.4 cm³/mol. The first kappa shape index (κ1) is 11.6. The fraction of sp³-hybridized carbons (Fsp3) is 0.267. The Morgan fingerprint density at radius 1 is 1.12 bits per heavy atom. The lowest BCUT2D eigenvalue weighted by Crippen LogP contribution is -2.10. The van der Waals surface area contributed by atoms with Crippen LogP contribution >= 0.6 is 0 Å². The summed E-state index contributed by atoms with van der Waals surface area (Å²) in [5, 5.41) is 2.19. The maximum absolute atomic E-state index is 11.4. The predicted octanol–water partition coefficient (Wildman–Crippen LogP) is 3.59. The summed E-state index contributed by atoms with van der Waals surface area (Å²) in [6.07, 6.45) is 1.46. The van der Waals surface area contributed by atoms with Gasteiger partial charge in [0.1, 0.15) is 12.4 Å². The highest BCUT2D eigenvalue weighted by Gasteiger charge is 2.04. The van der Waals surface area contributed by atoms with Crippen molar-refractivity contribution >= 4 is 16.6 Å². The molecule has 2 heteroatoms. The highest BCUT2D eigenvalue weighted by Crippen LogP contribution is 2.24. The van der Waals surface area contributed by atoms with E-state index in [2.05, 4.69) is 0 Å². The highest BCUT2D eigenvalue weighted by atomic mass is 16.5. The van der Waals surface area contributed by atoms with Crippen LogP contribution in [0.2, 0.25) is 0 Å². The molecule has 0 unspecified atom stereocenters. The van der Waals surface area contributed by atoms with E-state index in [4.69, 9.17) is 4.74 Å². The molecule has 0 bridgehead atoms. The second-order valence-corrected chi connectivity index (χ2v) is 4.05. The molecule has 0 fully saturated rings. The largest absolute Gasteiger partial charge is 0.485 e. The smallest absolute Gasteiger partial charge is 0.170 e. The van der Waals surface area contributed by atoms with Gasteiger partial charge in [-0.2, -0.15) is 0 Å². The monoisotopic (exact) mass is 228 g/mol. The van der Waals surface area contributed by atoms with E-state index >= 15 is 0 Å². The number of ketones is 1. The van der Waals surface area contributed by atoms with Gasteiger partial charge >= 0.3 is 0 Å². The highest BCUT2D eigenvalue weighted by molar-refractivity contribution is 5.88. The molecule has 0 aromatic heterocycles. The summed E-state index contributed by atoms with van der Waals surface area (Å²) in [4.78, 5) is 11.4. The lowest BCUT2D eigenvalue weighted by Gasteiger charge is -2.08. The summed E-state index contributed by atoms with van der Waals surface area (Å²) >= 11 is 0. The number of carbonyl (C=O) groups is 1. The van der Waals surface area contributed by atoms with E-state index in [-0.39, 0.29) is 12.4 Å². The Morgan fingerprint density at radius 3 is 2.71 bits per heavy atom. The third-order valence-electron chi connectivity index (χ3n) is 2.67. The van der Waals surface area contributed by atoms with Gasteiger partial charge in [-0.1, -0.05) is 43.3 Å². The fourth-order valence-electron chi connectivity index (χ4n) is 1.83. The van der Waals surface area contributed by atoms with Crippen molar-refractivity contribution in [3.8, 4) is 5.75 Å². The number of rotatable bonds is 5. The van der Waals surface area contributed by atoms with Crippen molar-refractivity contribution in [3.05, 3.63) is 42.5 Å². The zero-order valence-electron chi connectivity index (χ0n) is 9.98. The van der Waals surface area contributed by atoms with Crippen LogP contribution in [0, 0.1) is 0 Å². The van der Waals surface area contributed by atoms with Gasteiger partial charge < -0.3 is 4.74 Å². The molecule has 0 aliphatic rings. The van der Waals surface area contributed by atoms with Crippen LogP contribution in [-0.4, -0.2) is 12.4 Å². The average Bonchev–Trinajstić information content (AvgIpc) is 2.36. The van der Waals surface area contributed by atoms with Crippen molar-refractivity contribution in [1.82, 2.24) is 0 Å². The number of hydrogen-bond acceptors (Lipinski definition) is 2. The number of hydrogen-bond donors (Lipinski definition) is 0. The van der Waals surface area contributed by atoms with Crippen molar-refractivity contribution in [3.63, 3.8) is 0 Å². The lowest BCUT2D eigenvalue weighted by atomic mass is 10.1. The maximum atomic E-state index is 11.4. The van der Waals surface area contributed by atoms with E-state index < -0.39 is 0 Å². The molecule has 2 aromatic carbocycles. The molecule has 88 valence electrons. The van der Waals surface area contributed by atoms with Gasteiger partial charge in [-0.3, -0.25) is 4.79 Å². The molecule has 2 rings (SSSR count). The third kappa shape index (κ3) is 2.84. The van der Waals surface area contributed by atoms with Gasteiger partial charge in [0.15, 0.2) is 5.78 Å². The molecule has 0 radical (unpaired) electrons. The Balaban J connectivity index is 2.16. The lowest BCUT2D eigenvalue weighted by molar-refractivity contribution is -0.121. The van der Waals surface area contributed by atoms with Gasteiger partial charge in [0.05, 0.1) is 0 Å². The topological polar surface area (TPSA) is 26.3 Å². The zero-order chi connectivity index (χ0) is 12.1. The van der Waals surface area contributed by atoms with Gasteiger partial charge in [0.25, 0.3) is 0 Å². The molecule has 0 saturated heterocycles. The van der Waals surface area contributed by atoms with Crippen molar-refractivity contribution in [2.75, 3.05) is 6.61 Å². The second kappa shape index (κ2) is 5.48. The van der Waals surface area contributed by atoms with E-state index in [1.54, 1.807) is 0 Å². The zero-order valence-corrected chi connectivity index (χ0v) is 9.98. The van der Waals surface area contributed by atoms with Gasteiger partial charge in [-0.25, -0.2) is 0 Å². The molecule has 0 spiro atoms. The van der Waals surface area contributed by atoms with Crippen molar-refractivity contribution in [1.29, 1.82) is 0 Å². The summed E-state index contributed by atoms with van der Waals surface area (Å²) in [5.74, 6) is 0.938. The molecule has 0 heterocycles. The van der Waals surface area contributed by atoms with E-state index in [1.807, 2.05) is 49.4 Å². The first-order valence-corrected chi connectivity index (χ1v) is 5.93. The summed E-state index contributed by atoms with van der Waals surface area (Å²) in [5.41, 5.74) is 0. The van der Waals surface area contributed by atoms with E-state index in [9.17, 15) is 4.79 Å². The molecule has 0 aliphatic heterocycles. The summed E-state index contributed by atoms with van der Waals surface area (Å²) in [6, 6.07) is 13.9. The van der Waals surface area contributed by atoms with Gasteiger partial charge in [0.2, 0.25) is 0 Å². The van der Waals surface area contributed by atoms with Crippen molar-refractivity contribution in [2.24, 2.45) is 0 Å². The maximum Gasteiger partial charge on any atom is 0.170 e. The van der Waals surface area contributed by atoms with Crippen molar-refractivity contribution < 1.29 is 9.53 Å². The molecule has 17 heavy (non-hydrogen) atoms. The molecule has 2 aromatic rings. The number of ether oxygens (including phenoxy) is 1. The molecule has 0 amide bonds. The van der Waals surface area contributed by atoms with Crippen LogP contribution in [0.3, 0.4) is 0 Å². The normalized spacial score (nSPS) is 10.4. The van der Waals surface area contributed by atoms with Crippen molar-refractivity contribution in [2.45, 2.75) is 19.8 Å². The average molecular weight is 228 g/mol. The fourth-order valence-corrected chi connectivity index (χ4v) is 1.83. The first-order valence-electron chi connectivity index (χ1n) is 5.93. The van der Waals surface area contributed by atoms with Crippen LogP contribution in [0.15, 0.2) is 42.5 Å². The van der Waals surface area contributed by atoms with Gasteiger partial charge in [-0.15, -0.1) is 0 Å². The molecule has 0 aliphatic carbocycles. The minimum Gasteiger partial charge on any atom is -0.485 e. The SMILES string of the molecule is CCCC(=O)COc1cccc2ccccc12. The Morgan fingerprint density at radius 2 is 1.88 bits per heavy atom. The second-order valence-electron chi connectivity index (χ2n) is 4.05. The standard InChI is InChI=1S/C15H16O2/c1-2-6-13(16)11-17-15-10-5-8-12-7-3-4-9-14(12)15/h3-5,7-10H,2,6,11H2,1H3. The Kier molecular flexibility index (Phi) is 3.76. The summed E-state index contributed by atoms with van der Waals surface area (Å²) in [7, 11) is 0. The third-order valence-corrected chi connectivity index (χ3v) is 2.67. The number of carbonyl (C=O) groups excluding carboxylic acids is 1. The molecular formula is C15H16O2. The molecular weight excluding hydrogens is 212 g/mol.